The summed E-state index contributed by atoms with van der Waals surface area (Å²) in [5.74, 6) is -0.473. The number of nitrogens with one attached hydrogen (secondary N) is 2. The molecule has 7 nitrogen and oxygen atoms in total. The maximum Gasteiger partial charge on any atom is 0.254 e. The van der Waals surface area contributed by atoms with Crippen molar-refractivity contribution in [1.29, 1.82) is 0 Å². The monoisotopic (exact) mass is 413 g/mol. The van der Waals surface area contributed by atoms with Gasteiger partial charge in [0.25, 0.3) is 11.8 Å². The summed E-state index contributed by atoms with van der Waals surface area (Å²) in [7, 11) is 0. The smallest absolute Gasteiger partial charge is 0.254 e. The van der Waals surface area contributed by atoms with Crippen molar-refractivity contribution >= 4 is 27.7 Å². The highest BCUT2D eigenvalue weighted by molar-refractivity contribution is 9.10. The Kier molecular flexibility index (Phi) is 5.75. The molecular formula is C18H16BrN5O2. The second-order valence-electron chi connectivity index (χ2n) is 5.40. The van der Waals surface area contributed by atoms with Crippen LogP contribution in [0.5, 0.6) is 0 Å². The Morgan fingerprint density at radius 2 is 1.65 bits per heavy atom. The molecule has 0 spiro atoms. The normalized spacial score (nSPS) is 10.3. The number of carbonyl (C=O) groups excluding carboxylic acids is 2. The van der Waals surface area contributed by atoms with E-state index in [1.165, 1.54) is 12.4 Å². The number of aromatic nitrogens is 3. The van der Waals surface area contributed by atoms with Crippen LogP contribution in [-0.4, -0.2) is 39.7 Å². The summed E-state index contributed by atoms with van der Waals surface area (Å²) in [5.41, 5.74) is 1.79. The highest BCUT2D eigenvalue weighted by Crippen LogP contribution is 2.14. The van der Waals surface area contributed by atoms with Gasteiger partial charge in [0.05, 0.1) is 23.0 Å². The van der Waals surface area contributed by atoms with E-state index in [2.05, 4.69) is 36.6 Å². The molecule has 2 heterocycles. The van der Waals surface area contributed by atoms with Crippen molar-refractivity contribution < 1.29 is 9.59 Å². The first-order chi connectivity index (χ1) is 12.6. The van der Waals surface area contributed by atoms with Crippen molar-refractivity contribution in [2.45, 2.75) is 0 Å². The molecule has 26 heavy (non-hydrogen) atoms. The minimum absolute atomic E-state index is 0.226. The Balaban J connectivity index is 1.48. The molecule has 132 valence electrons. The van der Waals surface area contributed by atoms with Crippen LogP contribution in [0.3, 0.4) is 0 Å². The number of rotatable bonds is 6. The topological polar surface area (TPSA) is 88.9 Å². The molecule has 0 aliphatic rings. The lowest BCUT2D eigenvalue weighted by Crippen LogP contribution is -2.34. The summed E-state index contributed by atoms with van der Waals surface area (Å²) >= 11 is 3.38. The number of benzene rings is 1. The molecule has 2 N–H and O–H groups in total. The predicted octanol–water partition coefficient (Wildman–Crippen LogP) is 2.19. The lowest BCUT2D eigenvalue weighted by molar-refractivity contribution is 0.0927. The average Bonchev–Trinajstić information content (AvgIpc) is 3.16. The minimum atomic E-state index is -0.246. The largest absolute Gasteiger partial charge is 0.350 e. The average molecular weight is 414 g/mol. The molecule has 0 aliphatic heterocycles. The van der Waals surface area contributed by atoms with E-state index in [1.807, 2.05) is 24.3 Å². The van der Waals surface area contributed by atoms with E-state index in [4.69, 9.17) is 0 Å². The summed E-state index contributed by atoms with van der Waals surface area (Å²) in [6.45, 7) is 0.634. The first-order valence-electron chi connectivity index (χ1n) is 7.90. The van der Waals surface area contributed by atoms with Crippen LogP contribution in [0.2, 0.25) is 0 Å². The minimum Gasteiger partial charge on any atom is -0.350 e. The summed E-state index contributed by atoms with van der Waals surface area (Å²) in [5, 5.41) is 9.67. The molecule has 8 heteroatoms. The predicted molar refractivity (Wildman–Crippen MR) is 100 cm³/mol. The molecule has 0 aliphatic carbocycles. The van der Waals surface area contributed by atoms with Gasteiger partial charge in [0.2, 0.25) is 0 Å². The molecule has 1 aromatic carbocycles. The molecule has 3 rings (SSSR count). The molecule has 3 aromatic rings. The van der Waals surface area contributed by atoms with Crippen molar-refractivity contribution in [2.75, 3.05) is 13.1 Å². The van der Waals surface area contributed by atoms with Gasteiger partial charge in [-0.3, -0.25) is 14.6 Å². The molecule has 0 bridgehead atoms. The summed E-state index contributed by atoms with van der Waals surface area (Å²) in [4.78, 5) is 27.9. The first-order valence-corrected chi connectivity index (χ1v) is 8.70. The van der Waals surface area contributed by atoms with Crippen LogP contribution in [0.15, 0.2) is 65.7 Å². The summed E-state index contributed by atoms with van der Waals surface area (Å²) in [6.07, 6.45) is 6.26. The Morgan fingerprint density at radius 1 is 0.962 bits per heavy atom. The molecule has 0 radical (unpaired) electrons. The number of pyridine rings is 1. The van der Waals surface area contributed by atoms with E-state index in [0.29, 0.717) is 24.2 Å². The SMILES string of the molecule is O=C(NCCNC(=O)c1cnn(-c2ccc(Br)cc2)c1)c1cccnc1. The summed E-state index contributed by atoms with van der Waals surface area (Å²) in [6, 6.07) is 11.0. The second kappa shape index (κ2) is 8.39. The molecule has 0 unspecified atom stereocenters. The Bertz CT molecular complexity index is 893. The van der Waals surface area contributed by atoms with Gasteiger partial charge in [-0.25, -0.2) is 4.68 Å². The molecule has 0 fully saturated rings. The number of carbonyl (C=O) groups is 2. The van der Waals surface area contributed by atoms with Gasteiger partial charge in [0.15, 0.2) is 0 Å². The zero-order valence-electron chi connectivity index (χ0n) is 13.7. The highest BCUT2D eigenvalue weighted by Gasteiger charge is 2.09. The Morgan fingerprint density at radius 3 is 2.31 bits per heavy atom. The van der Waals surface area contributed by atoms with E-state index in [-0.39, 0.29) is 11.8 Å². The summed E-state index contributed by atoms with van der Waals surface area (Å²) < 4.78 is 2.60. The van der Waals surface area contributed by atoms with E-state index in [1.54, 1.807) is 29.2 Å². The van der Waals surface area contributed by atoms with Gasteiger partial charge in [-0.05, 0) is 36.4 Å². The lowest BCUT2D eigenvalue weighted by atomic mass is 10.3. The van der Waals surface area contributed by atoms with Crippen molar-refractivity contribution in [1.82, 2.24) is 25.4 Å². The number of halogens is 1. The molecule has 0 saturated carbocycles. The number of nitrogens with zero attached hydrogens (tertiary/aromatic N) is 3. The Hall–Kier alpha value is -3.00. The van der Waals surface area contributed by atoms with Crippen LogP contribution in [0.1, 0.15) is 20.7 Å². The van der Waals surface area contributed by atoms with E-state index >= 15 is 0 Å². The van der Waals surface area contributed by atoms with Crippen LogP contribution in [0, 0.1) is 0 Å². The highest BCUT2D eigenvalue weighted by atomic mass is 79.9. The van der Waals surface area contributed by atoms with Crippen molar-refractivity contribution in [3.63, 3.8) is 0 Å². The van der Waals surface area contributed by atoms with Crippen molar-refractivity contribution in [3.05, 3.63) is 76.8 Å². The van der Waals surface area contributed by atoms with Crippen LogP contribution in [0.25, 0.3) is 5.69 Å². The van der Waals surface area contributed by atoms with Crippen LogP contribution >= 0.6 is 15.9 Å². The van der Waals surface area contributed by atoms with Crippen molar-refractivity contribution in [3.8, 4) is 5.69 Å². The third-order valence-electron chi connectivity index (χ3n) is 3.56. The van der Waals surface area contributed by atoms with Crippen LogP contribution in [0.4, 0.5) is 0 Å². The van der Waals surface area contributed by atoms with Gasteiger partial charge in [0.1, 0.15) is 0 Å². The molecule has 0 saturated heterocycles. The number of hydrogen-bond donors (Lipinski definition) is 2. The van der Waals surface area contributed by atoms with Crippen LogP contribution < -0.4 is 10.6 Å². The lowest BCUT2D eigenvalue weighted by Gasteiger charge is -2.06. The van der Waals surface area contributed by atoms with Gasteiger partial charge in [0, 0.05) is 36.2 Å². The third kappa shape index (κ3) is 4.54. The van der Waals surface area contributed by atoms with Gasteiger partial charge in [-0.2, -0.15) is 5.10 Å². The third-order valence-corrected chi connectivity index (χ3v) is 4.08. The zero-order valence-corrected chi connectivity index (χ0v) is 15.3. The molecule has 2 aromatic heterocycles. The van der Waals surface area contributed by atoms with Gasteiger partial charge >= 0.3 is 0 Å². The maximum absolute atomic E-state index is 12.2. The Labute approximate surface area is 158 Å². The van der Waals surface area contributed by atoms with E-state index < -0.39 is 0 Å². The fourth-order valence-corrected chi connectivity index (χ4v) is 2.49. The quantitative estimate of drug-likeness (QED) is 0.606. The fourth-order valence-electron chi connectivity index (χ4n) is 2.23. The fraction of sp³-hybridized carbons (Fsp3) is 0.111. The zero-order chi connectivity index (χ0) is 18.4. The van der Waals surface area contributed by atoms with Crippen LogP contribution in [-0.2, 0) is 0 Å². The van der Waals surface area contributed by atoms with E-state index in [0.717, 1.165) is 10.2 Å². The second-order valence-corrected chi connectivity index (χ2v) is 6.32. The van der Waals surface area contributed by atoms with Crippen molar-refractivity contribution in [2.24, 2.45) is 0 Å². The molecular weight excluding hydrogens is 398 g/mol. The van der Waals surface area contributed by atoms with Gasteiger partial charge < -0.3 is 10.6 Å². The van der Waals surface area contributed by atoms with Gasteiger partial charge in [-0.15, -0.1) is 0 Å². The number of hydrogen-bond acceptors (Lipinski definition) is 4. The molecule has 2 amide bonds. The van der Waals surface area contributed by atoms with E-state index in [9.17, 15) is 9.59 Å². The van der Waals surface area contributed by atoms with Gasteiger partial charge in [-0.1, -0.05) is 15.9 Å². The standard InChI is InChI=1S/C18H16BrN5O2/c19-15-3-5-16(6-4-15)24-12-14(11-23-24)18(26)22-9-8-21-17(25)13-2-1-7-20-10-13/h1-7,10-12H,8-9H2,(H,21,25)(H,22,26). The maximum atomic E-state index is 12.2. The number of amides is 2. The first kappa shape index (κ1) is 17.8. The molecule has 0 atom stereocenters.